The Morgan fingerprint density at radius 2 is 0.929 bits per heavy atom. The number of halogens is 2. The molecule has 2 aromatic rings. The SMILES string of the molecule is [Br-].c1ccc([I+]c2ccccc2)cc1. The fourth-order valence-corrected chi connectivity index (χ4v) is 3.35. The van der Waals surface area contributed by atoms with Crippen LogP contribution in [0.3, 0.4) is 0 Å². The van der Waals surface area contributed by atoms with Gasteiger partial charge >= 0.3 is 21.2 Å². The van der Waals surface area contributed by atoms with E-state index in [1.807, 2.05) is 0 Å². The van der Waals surface area contributed by atoms with E-state index in [1.165, 1.54) is 7.14 Å². The number of rotatable bonds is 2. The minimum atomic E-state index is 0. The lowest BCUT2D eigenvalue weighted by Gasteiger charge is -1.84. The highest BCUT2D eigenvalue weighted by atomic mass is 127. The average Bonchev–Trinajstić information content (AvgIpc) is 2.21. The van der Waals surface area contributed by atoms with E-state index in [4.69, 9.17) is 0 Å². The summed E-state index contributed by atoms with van der Waals surface area (Å²) in [5, 5.41) is 0. The van der Waals surface area contributed by atoms with E-state index in [1.54, 1.807) is 0 Å². The molecule has 0 nitrogen and oxygen atoms in total. The Balaban J connectivity index is 0.000000980. The van der Waals surface area contributed by atoms with Gasteiger partial charge in [-0.3, -0.25) is 0 Å². The molecule has 0 aliphatic rings. The number of hydrogen-bond donors (Lipinski definition) is 0. The first kappa shape index (κ1) is 11.7. The largest absolute Gasteiger partial charge is 1.00 e. The topological polar surface area (TPSA) is 0 Å². The monoisotopic (exact) mass is 360 g/mol. The molecule has 0 aliphatic heterocycles. The van der Waals surface area contributed by atoms with Crippen LogP contribution in [0.2, 0.25) is 0 Å². The van der Waals surface area contributed by atoms with Crippen molar-refractivity contribution in [3.05, 3.63) is 67.8 Å². The van der Waals surface area contributed by atoms with Gasteiger partial charge in [-0.15, -0.1) is 0 Å². The summed E-state index contributed by atoms with van der Waals surface area (Å²) in [5.74, 6) is 0. The lowest BCUT2D eigenvalue weighted by molar-refractivity contribution is -0.597. The summed E-state index contributed by atoms with van der Waals surface area (Å²) < 4.78 is 2.96. The third-order valence-corrected chi connectivity index (χ3v) is 4.37. The van der Waals surface area contributed by atoms with Gasteiger partial charge in [0.15, 0.2) is 7.14 Å². The molecule has 0 aliphatic carbocycles. The molecule has 0 fully saturated rings. The van der Waals surface area contributed by atoms with Crippen LogP contribution in [0.25, 0.3) is 0 Å². The Morgan fingerprint density at radius 1 is 0.571 bits per heavy atom. The van der Waals surface area contributed by atoms with Crippen LogP contribution in [-0.4, -0.2) is 0 Å². The highest BCUT2D eigenvalue weighted by molar-refractivity contribution is 5.02. The van der Waals surface area contributed by atoms with Crippen molar-refractivity contribution in [2.75, 3.05) is 0 Å². The van der Waals surface area contributed by atoms with Crippen LogP contribution in [0, 0.1) is 7.14 Å². The van der Waals surface area contributed by atoms with Crippen molar-refractivity contribution < 1.29 is 38.2 Å². The molecule has 2 aromatic carbocycles. The third kappa shape index (κ3) is 3.42. The first-order valence-electron chi connectivity index (χ1n) is 4.20. The Bertz CT molecular complexity index is 321. The molecule has 0 unspecified atom stereocenters. The van der Waals surface area contributed by atoms with Crippen molar-refractivity contribution in [2.45, 2.75) is 0 Å². The fraction of sp³-hybridized carbons (Fsp3) is 0. The average molecular weight is 361 g/mol. The van der Waals surface area contributed by atoms with Crippen molar-refractivity contribution in [1.82, 2.24) is 0 Å². The minimum Gasteiger partial charge on any atom is -1.00 e. The Morgan fingerprint density at radius 3 is 1.29 bits per heavy atom. The second kappa shape index (κ2) is 6.19. The van der Waals surface area contributed by atoms with Crippen LogP contribution >= 0.6 is 0 Å². The van der Waals surface area contributed by atoms with E-state index in [-0.39, 0.29) is 38.2 Å². The highest BCUT2D eigenvalue weighted by Crippen LogP contribution is 1.85. The van der Waals surface area contributed by atoms with Crippen molar-refractivity contribution >= 4 is 0 Å². The first-order valence-corrected chi connectivity index (χ1v) is 6.36. The third-order valence-electron chi connectivity index (χ3n) is 1.68. The van der Waals surface area contributed by atoms with E-state index in [0.29, 0.717) is 0 Å². The molecular weight excluding hydrogens is 351 g/mol. The lowest BCUT2D eigenvalue weighted by atomic mass is 10.4. The fourth-order valence-electron chi connectivity index (χ4n) is 1.08. The van der Waals surface area contributed by atoms with Crippen LogP contribution in [-0.2, 0) is 0 Å². The maximum absolute atomic E-state index is 2.21. The van der Waals surface area contributed by atoms with E-state index in [0.717, 1.165) is 0 Å². The normalized spacial score (nSPS) is 9.14. The molecule has 0 saturated carbocycles. The van der Waals surface area contributed by atoms with Crippen molar-refractivity contribution in [1.29, 1.82) is 0 Å². The molecule has 0 bridgehead atoms. The van der Waals surface area contributed by atoms with Crippen molar-refractivity contribution in [2.24, 2.45) is 0 Å². The van der Waals surface area contributed by atoms with Gasteiger partial charge in [-0.2, -0.15) is 0 Å². The standard InChI is InChI=1S/C12H10I.BrH/c1-3-7-11(8-4-1)13-12-9-5-2-6-10-12;/h1-10H;1H/q+1;/p-1. The Labute approximate surface area is 105 Å². The zero-order valence-electron chi connectivity index (χ0n) is 7.53. The maximum atomic E-state index is 2.21. The number of benzene rings is 2. The van der Waals surface area contributed by atoms with Gasteiger partial charge in [-0.25, -0.2) is 0 Å². The predicted molar refractivity (Wildman–Crippen MR) is 50.3 cm³/mol. The molecule has 2 heteroatoms. The van der Waals surface area contributed by atoms with Crippen LogP contribution < -0.4 is 38.2 Å². The van der Waals surface area contributed by atoms with Crippen LogP contribution in [0.1, 0.15) is 0 Å². The van der Waals surface area contributed by atoms with Gasteiger partial charge in [0.1, 0.15) is 0 Å². The molecule has 14 heavy (non-hydrogen) atoms. The zero-order chi connectivity index (χ0) is 8.93. The molecule has 0 radical (unpaired) electrons. The predicted octanol–water partition coefficient (Wildman–Crippen LogP) is -3.18. The quantitative estimate of drug-likeness (QED) is 0.495. The van der Waals surface area contributed by atoms with Gasteiger partial charge in [0.2, 0.25) is 0 Å². The molecule has 0 spiro atoms. The van der Waals surface area contributed by atoms with Gasteiger partial charge < -0.3 is 17.0 Å². The molecule has 72 valence electrons. The smallest absolute Gasteiger partial charge is 0.357 e. The summed E-state index contributed by atoms with van der Waals surface area (Å²) in [6, 6.07) is 21.4. The molecule has 0 heterocycles. The summed E-state index contributed by atoms with van der Waals surface area (Å²) in [7, 11) is 0. The summed E-state index contributed by atoms with van der Waals surface area (Å²) in [5.41, 5.74) is 0. The van der Waals surface area contributed by atoms with E-state index in [2.05, 4.69) is 60.7 Å². The molecule has 2 rings (SSSR count). The molecule has 0 aromatic heterocycles. The van der Waals surface area contributed by atoms with Crippen LogP contribution in [0.4, 0.5) is 0 Å². The molecule has 0 amide bonds. The Hall–Kier alpha value is -0.350. The van der Waals surface area contributed by atoms with Gasteiger partial charge in [-0.1, -0.05) is 36.4 Å². The van der Waals surface area contributed by atoms with E-state index >= 15 is 0 Å². The van der Waals surface area contributed by atoms with Crippen LogP contribution in [0.15, 0.2) is 60.7 Å². The lowest BCUT2D eigenvalue weighted by Crippen LogP contribution is -3.61. The van der Waals surface area contributed by atoms with Crippen molar-refractivity contribution in [3.63, 3.8) is 0 Å². The highest BCUT2D eigenvalue weighted by Gasteiger charge is 2.12. The first-order chi connectivity index (χ1) is 6.45. The van der Waals surface area contributed by atoms with E-state index in [9.17, 15) is 0 Å². The molecular formula is C12H10BrI. The van der Waals surface area contributed by atoms with Gasteiger partial charge in [0, 0.05) is 0 Å². The van der Waals surface area contributed by atoms with Gasteiger partial charge in [0.05, 0.1) is 0 Å². The number of hydrogen-bond acceptors (Lipinski definition) is 0. The van der Waals surface area contributed by atoms with Crippen LogP contribution in [0.5, 0.6) is 0 Å². The van der Waals surface area contributed by atoms with Gasteiger partial charge in [-0.05, 0) is 24.3 Å². The minimum absolute atomic E-state index is 0. The Kier molecular flexibility index (Phi) is 5.19. The summed E-state index contributed by atoms with van der Waals surface area (Å²) >= 11 is 0.0287. The van der Waals surface area contributed by atoms with E-state index < -0.39 is 0 Å². The molecule has 0 N–H and O–H groups in total. The second-order valence-corrected chi connectivity index (χ2v) is 5.72. The van der Waals surface area contributed by atoms with Crippen molar-refractivity contribution in [3.8, 4) is 0 Å². The molecule has 0 saturated heterocycles. The second-order valence-electron chi connectivity index (χ2n) is 2.69. The summed E-state index contributed by atoms with van der Waals surface area (Å²) in [6.45, 7) is 0. The van der Waals surface area contributed by atoms with Gasteiger partial charge in [0.25, 0.3) is 0 Å². The molecule has 0 atom stereocenters. The summed E-state index contributed by atoms with van der Waals surface area (Å²) in [4.78, 5) is 0. The zero-order valence-corrected chi connectivity index (χ0v) is 11.3. The summed E-state index contributed by atoms with van der Waals surface area (Å²) in [6.07, 6.45) is 0. The maximum Gasteiger partial charge on any atom is 0.357 e.